The Hall–Kier alpha value is -2.95. The van der Waals surface area contributed by atoms with Crippen LogP contribution in [0.1, 0.15) is 17.2 Å². The molecule has 0 unspecified atom stereocenters. The monoisotopic (exact) mass is 325 g/mol. The number of carbonyl (C=O) groups excluding carboxylic acids is 1. The first kappa shape index (κ1) is 17.4. The maximum atomic E-state index is 13.2. The van der Waals surface area contributed by atoms with Crippen molar-refractivity contribution in [1.29, 1.82) is 0 Å². The molecule has 24 heavy (non-hydrogen) atoms. The summed E-state index contributed by atoms with van der Waals surface area (Å²) in [4.78, 5) is 18.2. The van der Waals surface area contributed by atoms with E-state index in [0.29, 0.717) is 13.1 Å². The molecular formula is C19H20FN3O. The Morgan fingerprint density at radius 2 is 1.62 bits per heavy atom. The Kier molecular flexibility index (Phi) is 6.25. The van der Waals surface area contributed by atoms with Gasteiger partial charge in [0.15, 0.2) is 0 Å². The largest absolute Gasteiger partial charge is 0.327 e. The van der Waals surface area contributed by atoms with Crippen LogP contribution in [0.5, 0.6) is 0 Å². The quantitative estimate of drug-likeness (QED) is 0.789. The fourth-order valence-electron chi connectivity index (χ4n) is 2.34. The van der Waals surface area contributed by atoms with Gasteiger partial charge in [-0.2, -0.15) is 0 Å². The summed E-state index contributed by atoms with van der Waals surface area (Å²) >= 11 is 0. The minimum absolute atomic E-state index is 0.249. The molecule has 2 rings (SSSR count). The van der Waals surface area contributed by atoms with Crippen molar-refractivity contribution in [2.75, 3.05) is 13.1 Å². The van der Waals surface area contributed by atoms with Crippen LogP contribution in [0.3, 0.4) is 0 Å². The molecule has 0 aliphatic carbocycles. The summed E-state index contributed by atoms with van der Waals surface area (Å²) in [5.41, 5.74) is 1.65. The zero-order chi connectivity index (χ0) is 17.4. The predicted molar refractivity (Wildman–Crippen MR) is 93.0 cm³/mol. The molecule has 1 N–H and O–H groups in total. The number of nitrogens with one attached hydrogen (secondary N) is 1. The molecule has 4 nitrogen and oxygen atoms in total. The maximum Gasteiger partial charge on any atom is 0.318 e. The molecule has 1 atom stereocenters. The van der Waals surface area contributed by atoms with Crippen LogP contribution in [-0.2, 0) is 0 Å². The van der Waals surface area contributed by atoms with Crippen molar-refractivity contribution in [3.8, 4) is 0 Å². The summed E-state index contributed by atoms with van der Waals surface area (Å²) in [6.07, 6.45) is 6.62. The molecule has 2 amide bonds. The Morgan fingerprint density at radius 3 is 2.17 bits per heavy atom. The number of pyridine rings is 1. The minimum Gasteiger partial charge on any atom is -0.327 e. The summed E-state index contributed by atoms with van der Waals surface area (Å²) in [6, 6.07) is 9.05. The average Bonchev–Trinajstić information content (AvgIpc) is 2.61. The van der Waals surface area contributed by atoms with Gasteiger partial charge in [-0.3, -0.25) is 4.98 Å². The van der Waals surface area contributed by atoms with E-state index < -0.39 is 6.04 Å². The van der Waals surface area contributed by atoms with Crippen LogP contribution in [0.25, 0.3) is 0 Å². The van der Waals surface area contributed by atoms with E-state index in [1.807, 2.05) is 12.1 Å². The lowest BCUT2D eigenvalue weighted by Crippen LogP contribution is -2.42. The van der Waals surface area contributed by atoms with Gasteiger partial charge in [0.1, 0.15) is 5.82 Å². The van der Waals surface area contributed by atoms with Gasteiger partial charge in [-0.25, -0.2) is 9.18 Å². The van der Waals surface area contributed by atoms with Crippen molar-refractivity contribution < 1.29 is 9.18 Å². The fourth-order valence-corrected chi connectivity index (χ4v) is 2.34. The molecule has 0 spiro atoms. The third kappa shape index (κ3) is 4.52. The molecule has 1 aromatic heterocycles. The first-order valence-electron chi connectivity index (χ1n) is 7.58. The number of rotatable bonds is 7. The first-order valence-corrected chi connectivity index (χ1v) is 7.58. The first-order chi connectivity index (χ1) is 11.7. The number of urea groups is 1. The molecule has 0 fully saturated rings. The zero-order valence-electron chi connectivity index (χ0n) is 13.4. The predicted octanol–water partition coefficient (Wildman–Crippen LogP) is 3.69. The van der Waals surface area contributed by atoms with E-state index in [1.54, 1.807) is 41.6 Å². The highest BCUT2D eigenvalue weighted by atomic mass is 19.1. The SMILES string of the molecule is C=CCN(CC=C)C(=O)N[C@@H](c1ccncc1)c1ccc(F)cc1. The summed E-state index contributed by atoms with van der Waals surface area (Å²) < 4.78 is 13.2. The molecule has 0 saturated heterocycles. The normalized spacial score (nSPS) is 11.4. The van der Waals surface area contributed by atoms with E-state index in [4.69, 9.17) is 0 Å². The summed E-state index contributed by atoms with van der Waals surface area (Å²) in [6.45, 7) is 8.14. The van der Waals surface area contributed by atoms with Crippen molar-refractivity contribution >= 4 is 6.03 Å². The number of aromatic nitrogens is 1. The highest BCUT2D eigenvalue weighted by Gasteiger charge is 2.19. The van der Waals surface area contributed by atoms with Gasteiger partial charge in [0.2, 0.25) is 0 Å². The smallest absolute Gasteiger partial charge is 0.318 e. The number of hydrogen-bond donors (Lipinski definition) is 1. The molecule has 0 bridgehead atoms. The van der Waals surface area contributed by atoms with E-state index in [9.17, 15) is 9.18 Å². The highest BCUT2D eigenvalue weighted by molar-refractivity contribution is 5.75. The van der Waals surface area contributed by atoms with Gasteiger partial charge in [0, 0.05) is 25.5 Å². The van der Waals surface area contributed by atoms with E-state index in [2.05, 4.69) is 23.5 Å². The number of amides is 2. The highest BCUT2D eigenvalue weighted by Crippen LogP contribution is 2.22. The van der Waals surface area contributed by atoms with Crippen molar-refractivity contribution in [3.05, 3.63) is 91.0 Å². The molecule has 0 radical (unpaired) electrons. The van der Waals surface area contributed by atoms with Crippen molar-refractivity contribution in [1.82, 2.24) is 15.2 Å². The Bertz CT molecular complexity index is 676. The molecule has 5 heteroatoms. The second-order valence-electron chi connectivity index (χ2n) is 5.20. The standard InChI is InChI=1S/C19H20FN3O/c1-3-13-23(14-4-2)19(24)22-18(16-9-11-21-12-10-16)15-5-7-17(20)8-6-15/h3-12,18H,1-2,13-14H2,(H,22,24)/t18-/m1/s1. The van der Waals surface area contributed by atoms with Crippen molar-refractivity contribution in [3.63, 3.8) is 0 Å². The molecule has 0 saturated carbocycles. The lowest BCUT2D eigenvalue weighted by molar-refractivity contribution is 0.206. The Balaban J connectivity index is 2.29. The molecule has 1 aromatic carbocycles. The fraction of sp³-hybridized carbons (Fsp3) is 0.158. The number of hydrogen-bond acceptors (Lipinski definition) is 2. The van der Waals surface area contributed by atoms with Crippen LogP contribution in [0.2, 0.25) is 0 Å². The van der Waals surface area contributed by atoms with Crippen LogP contribution in [-0.4, -0.2) is 29.0 Å². The molecule has 1 heterocycles. The van der Waals surface area contributed by atoms with E-state index in [0.717, 1.165) is 11.1 Å². The van der Waals surface area contributed by atoms with Crippen LogP contribution in [0.4, 0.5) is 9.18 Å². The van der Waals surface area contributed by atoms with Crippen LogP contribution in [0, 0.1) is 5.82 Å². The second-order valence-corrected chi connectivity index (χ2v) is 5.20. The maximum absolute atomic E-state index is 13.2. The van der Waals surface area contributed by atoms with Gasteiger partial charge in [0.25, 0.3) is 0 Å². The van der Waals surface area contributed by atoms with Crippen LogP contribution >= 0.6 is 0 Å². The lowest BCUT2D eigenvalue weighted by atomic mass is 10.00. The molecule has 0 aliphatic rings. The van der Waals surface area contributed by atoms with Gasteiger partial charge in [0.05, 0.1) is 6.04 Å². The van der Waals surface area contributed by atoms with E-state index in [1.165, 1.54) is 12.1 Å². The average molecular weight is 325 g/mol. The summed E-state index contributed by atoms with van der Waals surface area (Å²) in [5.74, 6) is -0.321. The van der Waals surface area contributed by atoms with Crippen molar-refractivity contribution in [2.24, 2.45) is 0 Å². The number of benzene rings is 1. The van der Waals surface area contributed by atoms with Crippen LogP contribution in [0.15, 0.2) is 74.1 Å². The van der Waals surface area contributed by atoms with E-state index in [-0.39, 0.29) is 11.8 Å². The van der Waals surface area contributed by atoms with E-state index >= 15 is 0 Å². The molecule has 2 aromatic rings. The number of nitrogens with zero attached hydrogens (tertiary/aromatic N) is 2. The zero-order valence-corrected chi connectivity index (χ0v) is 13.4. The third-order valence-electron chi connectivity index (χ3n) is 3.50. The summed E-state index contributed by atoms with van der Waals surface area (Å²) in [7, 11) is 0. The molecular weight excluding hydrogens is 305 g/mol. The second kappa shape index (κ2) is 8.62. The van der Waals surface area contributed by atoms with Gasteiger partial charge in [-0.15, -0.1) is 13.2 Å². The van der Waals surface area contributed by atoms with Gasteiger partial charge in [-0.1, -0.05) is 24.3 Å². The third-order valence-corrected chi connectivity index (χ3v) is 3.50. The van der Waals surface area contributed by atoms with Crippen molar-refractivity contribution in [2.45, 2.75) is 6.04 Å². The minimum atomic E-state index is -0.404. The van der Waals surface area contributed by atoms with Crippen LogP contribution < -0.4 is 5.32 Å². The summed E-state index contributed by atoms with van der Waals surface area (Å²) in [5, 5.41) is 2.98. The van der Waals surface area contributed by atoms with Gasteiger partial charge >= 0.3 is 6.03 Å². The Morgan fingerprint density at radius 1 is 1.08 bits per heavy atom. The van der Waals surface area contributed by atoms with Gasteiger partial charge in [-0.05, 0) is 35.4 Å². The topological polar surface area (TPSA) is 45.2 Å². The number of halogens is 1. The van der Waals surface area contributed by atoms with Gasteiger partial charge < -0.3 is 10.2 Å². The Labute approximate surface area is 141 Å². The molecule has 124 valence electrons. The number of carbonyl (C=O) groups is 1. The molecule has 0 aliphatic heterocycles. The lowest BCUT2D eigenvalue weighted by Gasteiger charge is -2.25.